The minimum Gasteiger partial charge on any atom is -0.465 e. The van der Waals surface area contributed by atoms with Crippen LogP contribution < -0.4 is 4.72 Å². The fraction of sp³-hybridized carbons (Fsp3) is 0.556. The van der Waals surface area contributed by atoms with E-state index in [4.69, 9.17) is 0 Å². The van der Waals surface area contributed by atoms with Crippen molar-refractivity contribution in [1.82, 2.24) is 10.2 Å². The molecule has 0 radical (unpaired) electrons. The average molecular weight is 261 g/mol. The van der Waals surface area contributed by atoms with Crippen LogP contribution in [0.2, 0.25) is 0 Å². The Kier molecular flexibility index (Phi) is 4.50. The van der Waals surface area contributed by atoms with Crippen LogP contribution in [0.25, 0.3) is 0 Å². The van der Waals surface area contributed by atoms with Crippen LogP contribution in [0.4, 0.5) is 5.82 Å². The van der Waals surface area contributed by atoms with Crippen molar-refractivity contribution in [1.29, 1.82) is 0 Å². The van der Waals surface area contributed by atoms with Gasteiger partial charge in [-0.3, -0.25) is 14.6 Å². The number of hydrogen-bond acceptors (Lipinski definition) is 5. The Bertz CT molecular complexity index is 480. The van der Waals surface area contributed by atoms with Gasteiger partial charge < -0.3 is 4.74 Å². The minimum absolute atomic E-state index is 0.150. The van der Waals surface area contributed by atoms with Crippen LogP contribution in [0, 0.1) is 0 Å². The molecule has 0 amide bonds. The first-order valence-corrected chi connectivity index (χ1v) is 6.82. The zero-order valence-electron chi connectivity index (χ0n) is 9.69. The van der Waals surface area contributed by atoms with Gasteiger partial charge in [0.2, 0.25) is 10.0 Å². The second-order valence-corrected chi connectivity index (χ2v) is 5.02. The van der Waals surface area contributed by atoms with Crippen molar-refractivity contribution in [2.75, 3.05) is 17.1 Å². The molecule has 96 valence electrons. The number of carbonyl (C=O) groups is 1. The van der Waals surface area contributed by atoms with Crippen molar-refractivity contribution < 1.29 is 17.9 Å². The molecule has 1 heterocycles. The number of carbonyl (C=O) groups excluding carboxylic acids is 1. The van der Waals surface area contributed by atoms with Gasteiger partial charge in [0.1, 0.15) is 0 Å². The number of ether oxygens (including phenoxy) is 1. The summed E-state index contributed by atoms with van der Waals surface area (Å²) in [5, 5.41) is 6.42. The number of aryl methyl sites for hydroxylation is 1. The predicted molar refractivity (Wildman–Crippen MR) is 62.0 cm³/mol. The SMILES string of the molecule is CCOC(=O)CS(=O)(=O)Nc1cc(CC)[nH]n1. The minimum atomic E-state index is -3.76. The Morgan fingerprint density at radius 2 is 2.24 bits per heavy atom. The second-order valence-electron chi connectivity index (χ2n) is 3.30. The summed E-state index contributed by atoms with van der Waals surface area (Å²) >= 11 is 0. The van der Waals surface area contributed by atoms with Crippen LogP contribution in [-0.2, 0) is 26.0 Å². The fourth-order valence-electron chi connectivity index (χ4n) is 1.15. The largest absolute Gasteiger partial charge is 0.465 e. The molecule has 1 aromatic rings. The number of hydrogen-bond donors (Lipinski definition) is 2. The average Bonchev–Trinajstić information content (AvgIpc) is 2.63. The third kappa shape index (κ3) is 4.43. The third-order valence-corrected chi connectivity index (χ3v) is 3.02. The van der Waals surface area contributed by atoms with Crippen LogP contribution in [0.3, 0.4) is 0 Å². The second kappa shape index (κ2) is 5.67. The van der Waals surface area contributed by atoms with E-state index in [0.29, 0.717) is 6.42 Å². The van der Waals surface area contributed by atoms with E-state index in [9.17, 15) is 13.2 Å². The maximum atomic E-state index is 11.5. The molecule has 1 rings (SSSR count). The molecule has 0 aliphatic rings. The molecule has 0 aliphatic heterocycles. The van der Waals surface area contributed by atoms with E-state index in [-0.39, 0.29) is 12.4 Å². The molecule has 7 nitrogen and oxygen atoms in total. The van der Waals surface area contributed by atoms with E-state index in [1.807, 2.05) is 6.92 Å². The Morgan fingerprint density at radius 1 is 1.53 bits per heavy atom. The Labute approximate surface area is 99.6 Å². The zero-order valence-corrected chi connectivity index (χ0v) is 10.5. The molecule has 8 heteroatoms. The zero-order chi connectivity index (χ0) is 12.9. The molecule has 0 saturated heterocycles. The first-order chi connectivity index (χ1) is 7.96. The van der Waals surface area contributed by atoms with Gasteiger partial charge in [-0.05, 0) is 13.3 Å². The van der Waals surface area contributed by atoms with E-state index >= 15 is 0 Å². The summed E-state index contributed by atoms with van der Waals surface area (Å²) in [5.74, 6) is -1.33. The van der Waals surface area contributed by atoms with Crippen molar-refractivity contribution >= 4 is 21.8 Å². The van der Waals surface area contributed by atoms with E-state index in [0.717, 1.165) is 5.69 Å². The number of sulfonamides is 1. The van der Waals surface area contributed by atoms with Gasteiger partial charge in [-0.15, -0.1) is 0 Å². The highest BCUT2D eigenvalue weighted by Gasteiger charge is 2.18. The van der Waals surface area contributed by atoms with Gasteiger partial charge in [-0.2, -0.15) is 5.10 Å². The number of nitrogens with one attached hydrogen (secondary N) is 2. The fourth-order valence-corrected chi connectivity index (χ4v) is 2.04. The van der Waals surface area contributed by atoms with Gasteiger partial charge in [0.05, 0.1) is 6.61 Å². The highest BCUT2D eigenvalue weighted by molar-refractivity contribution is 7.93. The van der Waals surface area contributed by atoms with E-state index in [1.165, 1.54) is 0 Å². The molecule has 2 N–H and O–H groups in total. The van der Waals surface area contributed by atoms with Crippen molar-refractivity contribution in [2.45, 2.75) is 20.3 Å². The number of rotatable bonds is 6. The first kappa shape index (κ1) is 13.5. The lowest BCUT2D eigenvalue weighted by molar-refractivity contribution is -0.139. The van der Waals surface area contributed by atoms with Gasteiger partial charge in [-0.1, -0.05) is 6.92 Å². The number of esters is 1. The highest BCUT2D eigenvalue weighted by Crippen LogP contribution is 2.08. The highest BCUT2D eigenvalue weighted by atomic mass is 32.2. The molecular formula is C9H15N3O4S. The molecule has 0 saturated carbocycles. The van der Waals surface area contributed by atoms with Crippen LogP contribution >= 0.6 is 0 Å². The summed E-state index contributed by atoms with van der Waals surface area (Å²) in [7, 11) is -3.76. The van der Waals surface area contributed by atoms with Gasteiger partial charge in [-0.25, -0.2) is 8.42 Å². The number of aromatic amines is 1. The smallest absolute Gasteiger partial charge is 0.323 e. The van der Waals surface area contributed by atoms with Crippen LogP contribution in [0.5, 0.6) is 0 Å². The van der Waals surface area contributed by atoms with E-state index in [2.05, 4.69) is 19.7 Å². The number of anilines is 1. The summed E-state index contributed by atoms with van der Waals surface area (Å²) in [6, 6.07) is 1.57. The number of aromatic nitrogens is 2. The number of H-pyrrole nitrogens is 1. The molecular weight excluding hydrogens is 246 g/mol. The summed E-state index contributed by atoms with van der Waals surface area (Å²) in [4.78, 5) is 11.0. The summed E-state index contributed by atoms with van der Waals surface area (Å²) in [6.45, 7) is 3.67. The molecule has 1 aromatic heterocycles. The van der Waals surface area contributed by atoms with Crippen molar-refractivity contribution in [3.63, 3.8) is 0 Å². The standard InChI is InChI=1S/C9H15N3O4S/c1-3-7-5-8(11-10-7)12-17(14,15)6-9(13)16-4-2/h5H,3-4,6H2,1-2H3,(H2,10,11,12). The quantitative estimate of drug-likeness (QED) is 0.716. The molecule has 0 aromatic carbocycles. The monoisotopic (exact) mass is 261 g/mol. The lowest BCUT2D eigenvalue weighted by atomic mass is 10.3. The normalized spacial score (nSPS) is 11.2. The van der Waals surface area contributed by atoms with Crippen molar-refractivity contribution in [3.8, 4) is 0 Å². The summed E-state index contributed by atoms with van der Waals surface area (Å²) in [6.07, 6.45) is 0.715. The van der Waals surface area contributed by atoms with Crippen LogP contribution in [-0.4, -0.2) is 36.9 Å². The molecule has 0 bridgehead atoms. The third-order valence-electron chi connectivity index (χ3n) is 1.89. The lowest BCUT2D eigenvalue weighted by Gasteiger charge is -2.04. The van der Waals surface area contributed by atoms with E-state index in [1.54, 1.807) is 13.0 Å². The predicted octanol–water partition coefficient (Wildman–Crippen LogP) is 0.277. The molecule has 0 atom stereocenters. The summed E-state index contributed by atoms with van der Waals surface area (Å²) in [5.41, 5.74) is 0.804. The number of nitrogens with zero attached hydrogens (tertiary/aromatic N) is 1. The molecule has 17 heavy (non-hydrogen) atoms. The Morgan fingerprint density at radius 3 is 2.76 bits per heavy atom. The van der Waals surface area contributed by atoms with Crippen LogP contribution in [0.15, 0.2) is 6.07 Å². The molecule has 0 aliphatic carbocycles. The Hall–Kier alpha value is -1.57. The van der Waals surface area contributed by atoms with Gasteiger partial charge >= 0.3 is 5.97 Å². The Balaban J connectivity index is 2.63. The van der Waals surface area contributed by atoms with Crippen molar-refractivity contribution in [3.05, 3.63) is 11.8 Å². The topological polar surface area (TPSA) is 101 Å². The lowest BCUT2D eigenvalue weighted by Crippen LogP contribution is -2.24. The maximum absolute atomic E-state index is 11.5. The maximum Gasteiger partial charge on any atom is 0.323 e. The summed E-state index contributed by atoms with van der Waals surface area (Å²) < 4.78 is 29.8. The van der Waals surface area contributed by atoms with Crippen LogP contribution in [0.1, 0.15) is 19.5 Å². The van der Waals surface area contributed by atoms with E-state index < -0.39 is 21.7 Å². The van der Waals surface area contributed by atoms with Gasteiger partial charge in [0.25, 0.3) is 0 Å². The molecule has 0 unspecified atom stereocenters. The molecule has 0 fully saturated rings. The first-order valence-electron chi connectivity index (χ1n) is 5.17. The van der Waals surface area contributed by atoms with Crippen molar-refractivity contribution in [2.24, 2.45) is 0 Å². The van der Waals surface area contributed by atoms with Gasteiger partial charge in [0.15, 0.2) is 11.6 Å². The molecule has 0 spiro atoms. The van der Waals surface area contributed by atoms with Gasteiger partial charge in [0, 0.05) is 11.8 Å².